The van der Waals surface area contributed by atoms with E-state index in [1.807, 2.05) is 36.4 Å². The Morgan fingerprint density at radius 1 is 0.810 bits per heavy atom. The second-order valence-electron chi connectivity index (χ2n) is 4.83. The predicted octanol–water partition coefficient (Wildman–Crippen LogP) is 3.84. The molecule has 0 amide bonds. The molecule has 2 aromatic rings. The van der Waals surface area contributed by atoms with Crippen molar-refractivity contribution in [2.45, 2.75) is 13.1 Å². The molecule has 0 saturated heterocycles. The molecule has 2 rings (SSSR count). The summed E-state index contributed by atoms with van der Waals surface area (Å²) in [6.07, 6.45) is 0. The highest BCUT2D eigenvalue weighted by atomic mass is 35.5. The van der Waals surface area contributed by atoms with E-state index >= 15 is 0 Å². The number of nitrogens with two attached hydrogens (primary N) is 1. The van der Waals surface area contributed by atoms with E-state index in [4.69, 9.17) is 10.5 Å². The van der Waals surface area contributed by atoms with Crippen molar-refractivity contribution in [1.82, 2.24) is 4.90 Å². The molecule has 0 bridgehead atoms. The Kier molecular flexibility index (Phi) is 9.06. The van der Waals surface area contributed by atoms with Gasteiger partial charge < -0.3 is 15.4 Å². The van der Waals surface area contributed by atoms with Gasteiger partial charge in [-0.1, -0.05) is 24.3 Å². The number of halogens is 2. The van der Waals surface area contributed by atoms with Gasteiger partial charge in [-0.15, -0.1) is 24.8 Å². The van der Waals surface area contributed by atoms with Gasteiger partial charge >= 0.3 is 0 Å². The van der Waals surface area contributed by atoms with Crippen molar-refractivity contribution in [2.75, 3.05) is 14.1 Å². The lowest BCUT2D eigenvalue weighted by molar-refractivity contribution is 0.402. The molecular formula is C16H22Cl2N2O. The fourth-order valence-electron chi connectivity index (χ4n) is 1.86. The smallest absolute Gasteiger partial charge is 0.127 e. The molecule has 0 aromatic heterocycles. The standard InChI is InChI=1S/C16H20N2O.2ClH/c1-18(2)12-14-5-9-16(10-6-14)19-15-7-3-13(11-17)4-8-15;;/h3-10H,11-12,17H2,1-2H3;2*1H. The maximum atomic E-state index is 5.78. The normalized spacial score (nSPS) is 9.71. The average molecular weight is 329 g/mol. The van der Waals surface area contributed by atoms with Gasteiger partial charge in [-0.2, -0.15) is 0 Å². The van der Waals surface area contributed by atoms with E-state index in [1.54, 1.807) is 0 Å². The van der Waals surface area contributed by atoms with E-state index < -0.39 is 0 Å². The summed E-state index contributed by atoms with van der Waals surface area (Å²) in [5.74, 6) is 1.68. The molecule has 3 nitrogen and oxygen atoms in total. The van der Waals surface area contributed by atoms with Crippen molar-refractivity contribution in [3.05, 3.63) is 59.7 Å². The molecule has 0 spiro atoms. The highest BCUT2D eigenvalue weighted by molar-refractivity contribution is 5.85. The Morgan fingerprint density at radius 2 is 1.24 bits per heavy atom. The van der Waals surface area contributed by atoms with E-state index in [0.29, 0.717) is 6.54 Å². The van der Waals surface area contributed by atoms with Gasteiger partial charge in [0, 0.05) is 13.1 Å². The maximum absolute atomic E-state index is 5.78. The van der Waals surface area contributed by atoms with Gasteiger partial charge in [-0.3, -0.25) is 0 Å². The summed E-state index contributed by atoms with van der Waals surface area (Å²) in [4.78, 5) is 2.14. The van der Waals surface area contributed by atoms with Crippen LogP contribution in [0, 0.1) is 0 Å². The minimum atomic E-state index is 0. The van der Waals surface area contributed by atoms with Crippen molar-refractivity contribution >= 4 is 24.8 Å². The van der Waals surface area contributed by atoms with E-state index in [0.717, 1.165) is 23.6 Å². The zero-order valence-corrected chi connectivity index (χ0v) is 13.9. The van der Waals surface area contributed by atoms with Crippen LogP contribution < -0.4 is 10.5 Å². The minimum Gasteiger partial charge on any atom is -0.457 e. The van der Waals surface area contributed by atoms with Gasteiger partial charge in [0.15, 0.2) is 0 Å². The fourth-order valence-corrected chi connectivity index (χ4v) is 1.86. The van der Waals surface area contributed by atoms with Crippen LogP contribution in [0.1, 0.15) is 11.1 Å². The topological polar surface area (TPSA) is 38.5 Å². The highest BCUT2D eigenvalue weighted by Crippen LogP contribution is 2.22. The molecule has 2 N–H and O–H groups in total. The molecule has 2 aromatic carbocycles. The Bertz CT molecular complexity index is 513. The summed E-state index contributed by atoms with van der Waals surface area (Å²) >= 11 is 0. The number of hydrogen-bond acceptors (Lipinski definition) is 3. The Hall–Kier alpha value is -1.26. The monoisotopic (exact) mass is 328 g/mol. The highest BCUT2D eigenvalue weighted by Gasteiger charge is 1.99. The lowest BCUT2D eigenvalue weighted by Gasteiger charge is -2.11. The third-order valence-electron chi connectivity index (χ3n) is 2.82. The van der Waals surface area contributed by atoms with Gasteiger partial charge in [0.1, 0.15) is 11.5 Å². The molecule has 0 atom stereocenters. The first-order valence-corrected chi connectivity index (χ1v) is 6.38. The summed E-state index contributed by atoms with van der Waals surface area (Å²) in [6.45, 7) is 1.49. The number of rotatable bonds is 5. The zero-order chi connectivity index (χ0) is 13.7. The summed E-state index contributed by atoms with van der Waals surface area (Å²) < 4.78 is 5.78. The summed E-state index contributed by atoms with van der Waals surface area (Å²) in [5, 5.41) is 0. The molecule has 0 heterocycles. The summed E-state index contributed by atoms with van der Waals surface area (Å²) in [5.41, 5.74) is 7.94. The molecule has 0 aliphatic heterocycles. The van der Waals surface area contributed by atoms with E-state index in [2.05, 4.69) is 31.1 Å². The quantitative estimate of drug-likeness (QED) is 0.906. The third-order valence-corrected chi connectivity index (χ3v) is 2.82. The van der Waals surface area contributed by atoms with Gasteiger partial charge in [0.05, 0.1) is 0 Å². The predicted molar refractivity (Wildman–Crippen MR) is 92.7 cm³/mol. The van der Waals surface area contributed by atoms with Crippen LogP contribution in [0.5, 0.6) is 11.5 Å². The molecule has 0 fully saturated rings. The zero-order valence-electron chi connectivity index (χ0n) is 12.3. The lowest BCUT2D eigenvalue weighted by Crippen LogP contribution is -2.10. The van der Waals surface area contributed by atoms with Crippen LogP contribution in [0.15, 0.2) is 48.5 Å². The van der Waals surface area contributed by atoms with Crippen molar-refractivity contribution in [3.63, 3.8) is 0 Å². The number of hydrogen-bond donors (Lipinski definition) is 1. The molecule has 5 heteroatoms. The van der Waals surface area contributed by atoms with Gasteiger partial charge in [0.2, 0.25) is 0 Å². The second kappa shape index (κ2) is 9.64. The van der Waals surface area contributed by atoms with Crippen molar-refractivity contribution in [3.8, 4) is 11.5 Å². The molecule has 0 radical (unpaired) electrons. The molecule has 0 saturated carbocycles. The maximum Gasteiger partial charge on any atom is 0.127 e. The Balaban J connectivity index is 0.00000200. The molecule has 0 aliphatic carbocycles. The van der Waals surface area contributed by atoms with Crippen molar-refractivity contribution in [2.24, 2.45) is 5.73 Å². The summed E-state index contributed by atoms with van der Waals surface area (Å²) in [6, 6.07) is 16.0. The summed E-state index contributed by atoms with van der Waals surface area (Å²) in [7, 11) is 4.12. The van der Waals surface area contributed by atoms with Crippen molar-refractivity contribution in [1.29, 1.82) is 0 Å². The first kappa shape index (κ1) is 19.7. The lowest BCUT2D eigenvalue weighted by atomic mass is 10.2. The van der Waals surface area contributed by atoms with Crippen LogP contribution in [0.2, 0.25) is 0 Å². The van der Waals surface area contributed by atoms with Gasteiger partial charge in [-0.05, 0) is 49.5 Å². The molecule has 0 aliphatic rings. The van der Waals surface area contributed by atoms with Crippen LogP contribution in [-0.2, 0) is 13.1 Å². The van der Waals surface area contributed by atoms with E-state index in [9.17, 15) is 0 Å². The van der Waals surface area contributed by atoms with Gasteiger partial charge in [0.25, 0.3) is 0 Å². The van der Waals surface area contributed by atoms with Crippen LogP contribution >= 0.6 is 24.8 Å². The number of benzene rings is 2. The fraction of sp³-hybridized carbons (Fsp3) is 0.250. The number of ether oxygens (including phenoxy) is 1. The van der Waals surface area contributed by atoms with Crippen molar-refractivity contribution < 1.29 is 4.74 Å². The molecule has 116 valence electrons. The third kappa shape index (κ3) is 6.36. The second-order valence-corrected chi connectivity index (χ2v) is 4.83. The molecule has 0 unspecified atom stereocenters. The van der Waals surface area contributed by atoms with Gasteiger partial charge in [-0.25, -0.2) is 0 Å². The van der Waals surface area contributed by atoms with E-state index in [1.165, 1.54) is 5.56 Å². The largest absolute Gasteiger partial charge is 0.457 e. The van der Waals surface area contributed by atoms with E-state index in [-0.39, 0.29) is 24.8 Å². The van der Waals surface area contributed by atoms with Crippen LogP contribution in [0.25, 0.3) is 0 Å². The molecular weight excluding hydrogens is 307 g/mol. The SMILES string of the molecule is CN(C)Cc1ccc(Oc2ccc(CN)cc2)cc1.Cl.Cl. The minimum absolute atomic E-state index is 0. The van der Waals surface area contributed by atoms with Crippen LogP contribution in [-0.4, -0.2) is 19.0 Å². The molecule has 21 heavy (non-hydrogen) atoms. The average Bonchev–Trinajstić information content (AvgIpc) is 2.41. The Morgan fingerprint density at radius 3 is 1.62 bits per heavy atom. The Labute approximate surface area is 138 Å². The van der Waals surface area contributed by atoms with Crippen LogP contribution in [0.4, 0.5) is 0 Å². The first-order chi connectivity index (χ1) is 9.17. The number of nitrogens with zero attached hydrogens (tertiary/aromatic N) is 1. The first-order valence-electron chi connectivity index (χ1n) is 6.38. The van der Waals surface area contributed by atoms with Crippen LogP contribution in [0.3, 0.4) is 0 Å².